The predicted octanol–water partition coefficient (Wildman–Crippen LogP) is 1.37. The van der Waals surface area contributed by atoms with Gasteiger partial charge in [0.15, 0.2) is 0 Å². The van der Waals surface area contributed by atoms with Crippen LogP contribution in [0.2, 0.25) is 0 Å². The lowest BCUT2D eigenvalue weighted by Gasteiger charge is -2.11. The molecule has 0 radical (unpaired) electrons. The Labute approximate surface area is 88.4 Å². The van der Waals surface area contributed by atoms with E-state index in [4.69, 9.17) is 10.5 Å². The van der Waals surface area contributed by atoms with Crippen molar-refractivity contribution in [3.05, 3.63) is 23.8 Å². The Morgan fingerprint density at radius 3 is 2.80 bits per heavy atom. The zero-order valence-electron chi connectivity index (χ0n) is 8.62. The van der Waals surface area contributed by atoms with E-state index in [2.05, 4.69) is 5.32 Å². The number of benzene rings is 1. The summed E-state index contributed by atoms with van der Waals surface area (Å²) in [7, 11) is 1.79. The van der Waals surface area contributed by atoms with Gasteiger partial charge in [-0.3, -0.25) is 4.79 Å². The third-order valence-corrected chi connectivity index (χ3v) is 2.35. The van der Waals surface area contributed by atoms with Gasteiger partial charge >= 0.3 is 0 Å². The SMILES string of the molecule is CNc1cc(C(N)=O)ccc1OC1CC1. The molecule has 0 spiro atoms. The number of carbonyl (C=O) groups is 1. The van der Waals surface area contributed by atoms with E-state index in [-0.39, 0.29) is 0 Å². The third kappa shape index (κ3) is 2.21. The first-order valence-corrected chi connectivity index (χ1v) is 4.99. The molecular formula is C11H14N2O2. The summed E-state index contributed by atoms with van der Waals surface area (Å²) >= 11 is 0. The van der Waals surface area contributed by atoms with Crippen molar-refractivity contribution in [3.63, 3.8) is 0 Å². The van der Waals surface area contributed by atoms with E-state index < -0.39 is 5.91 Å². The minimum atomic E-state index is -0.426. The van der Waals surface area contributed by atoms with E-state index in [1.165, 1.54) is 0 Å². The van der Waals surface area contributed by atoms with Crippen molar-refractivity contribution in [2.45, 2.75) is 18.9 Å². The molecule has 2 rings (SSSR count). The van der Waals surface area contributed by atoms with Crippen LogP contribution in [0, 0.1) is 0 Å². The highest BCUT2D eigenvalue weighted by Gasteiger charge is 2.24. The molecule has 1 amide bonds. The van der Waals surface area contributed by atoms with Gasteiger partial charge in [0.05, 0.1) is 11.8 Å². The topological polar surface area (TPSA) is 64.3 Å². The first-order valence-electron chi connectivity index (χ1n) is 4.99. The highest BCUT2D eigenvalue weighted by molar-refractivity contribution is 5.94. The number of carbonyl (C=O) groups excluding carboxylic acids is 1. The van der Waals surface area contributed by atoms with Gasteiger partial charge in [0.25, 0.3) is 0 Å². The monoisotopic (exact) mass is 206 g/mol. The van der Waals surface area contributed by atoms with Crippen molar-refractivity contribution >= 4 is 11.6 Å². The molecule has 0 heterocycles. The molecule has 1 fully saturated rings. The molecule has 1 aromatic carbocycles. The smallest absolute Gasteiger partial charge is 0.248 e. The number of anilines is 1. The van der Waals surface area contributed by atoms with Crippen LogP contribution in [0.5, 0.6) is 5.75 Å². The van der Waals surface area contributed by atoms with E-state index in [1.807, 2.05) is 0 Å². The van der Waals surface area contributed by atoms with Gasteiger partial charge in [-0.2, -0.15) is 0 Å². The van der Waals surface area contributed by atoms with Crippen LogP contribution >= 0.6 is 0 Å². The second kappa shape index (κ2) is 3.81. The molecule has 1 aliphatic carbocycles. The molecular weight excluding hydrogens is 192 g/mol. The number of hydrogen-bond donors (Lipinski definition) is 2. The Hall–Kier alpha value is -1.71. The molecule has 0 atom stereocenters. The van der Waals surface area contributed by atoms with Crippen molar-refractivity contribution in [1.82, 2.24) is 0 Å². The summed E-state index contributed by atoms with van der Waals surface area (Å²) in [6, 6.07) is 5.17. The van der Waals surface area contributed by atoms with Crippen LogP contribution in [0.1, 0.15) is 23.2 Å². The number of hydrogen-bond acceptors (Lipinski definition) is 3. The minimum absolute atomic E-state index is 0.344. The van der Waals surface area contributed by atoms with E-state index in [0.29, 0.717) is 11.7 Å². The Balaban J connectivity index is 2.25. The van der Waals surface area contributed by atoms with E-state index in [9.17, 15) is 4.79 Å². The summed E-state index contributed by atoms with van der Waals surface area (Å²) in [4.78, 5) is 11.0. The maximum atomic E-state index is 11.0. The van der Waals surface area contributed by atoms with Crippen LogP contribution < -0.4 is 15.8 Å². The van der Waals surface area contributed by atoms with Crippen molar-refractivity contribution < 1.29 is 9.53 Å². The van der Waals surface area contributed by atoms with Crippen molar-refractivity contribution in [2.75, 3.05) is 12.4 Å². The lowest BCUT2D eigenvalue weighted by molar-refractivity contribution is 0.100. The number of nitrogens with two attached hydrogens (primary N) is 1. The van der Waals surface area contributed by atoms with Gasteiger partial charge in [-0.25, -0.2) is 0 Å². The van der Waals surface area contributed by atoms with E-state index >= 15 is 0 Å². The Kier molecular flexibility index (Phi) is 2.49. The van der Waals surface area contributed by atoms with Gasteiger partial charge in [0, 0.05) is 12.6 Å². The number of ether oxygens (including phenoxy) is 1. The zero-order valence-corrected chi connectivity index (χ0v) is 8.62. The van der Waals surface area contributed by atoms with Crippen molar-refractivity contribution in [2.24, 2.45) is 5.73 Å². The summed E-state index contributed by atoms with van der Waals surface area (Å²) in [6.45, 7) is 0. The largest absolute Gasteiger partial charge is 0.488 e. The highest BCUT2D eigenvalue weighted by Crippen LogP contribution is 2.32. The van der Waals surface area contributed by atoms with Gasteiger partial charge in [0.2, 0.25) is 5.91 Å². The van der Waals surface area contributed by atoms with Crippen LogP contribution in [-0.4, -0.2) is 19.1 Å². The molecule has 0 bridgehead atoms. The van der Waals surface area contributed by atoms with Crippen LogP contribution in [-0.2, 0) is 0 Å². The average molecular weight is 206 g/mol. The van der Waals surface area contributed by atoms with Gasteiger partial charge < -0.3 is 15.8 Å². The molecule has 0 unspecified atom stereocenters. The van der Waals surface area contributed by atoms with Gasteiger partial charge in [-0.05, 0) is 31.0 Å². The fraction of sp³-hybridized carbons (Fsp3) is 0.364. The first kappa shape index (κ1) is 9.83. The van der Waals surface area contributed by atoms with Crippen LogP contribution in [0.4, 0.5) is 5.69 Å². The number of primary amides is 1. The summed E-state index contributed by atoms with van der Waals surface area (Å²) in [5.41, 5.74) is 6.49. The Bertz CT molecular complexity index is 386. The predicted molar refractivity (Wildman–Crippen MR) is 58.2 cm³/mol. The Morgan fingerprint density at radius 1 is 1.53 bits per heavy atom. The molecule has 0 saturated heterocycles. The minimum Gasteiger partial charge on any atom is -0.488 e. The molecule has 0 aromatic heterocycles. The van der Waals surface area contributed by atoms with Gasteiger partial charge in [0.1, 0.15) is 5.75 Å². The molecule has 1 aromatic rings. The summed E-state index contributed by atoms with van der Waals surface area (Å²) in [5, 5.41) is 2.99. The molecule has 3 N–H and O–H groups in total. The molecule has 1 saturated carbocycles. The van der Waals surface area contributed by atoms with Crippen LogP contribution in [0.25, 0.3) is 0 Å². The van der Waals surface area contributed by atoms with E-state index in [1.54, 1.807) is 25.2 Å². The molecule has 0 aliphatic heterocycles. The lowest BCUT2D eigenvalue weighted by atomic mass is 10.2. The van der Waals surface area contributed by atoms with Crippen LogP contribution in [0.15, 0.2) is 18.2 Å². The van der Waals surface area contributed by atoms with Gasteiger partial charge in [-0.1, -0.05) is 0 Å². The highest BCUT2D eigenvalue weighted by atomic mass is 16.5. The summed E-state index contributed by atoms with van der Waals surface area (Å²) in [6.07, 6.45) is 2.57. The van der Waals surface area contributed by atoms with Crippen molar-refractivity contribution in [1.29, 1.82) is 0 Å². The third-order valence-electron chi connectivity index (χ3n) is 2.35. The molecule has 1 aliphatic rings. The number of nitrogens with one attached hydrogen (secondary N) is 1. The first-order chi connectivity index (χ1) is 7.20. The summed E-state index contributed by atoms with van der Waals surface area (Å²) < 4.78 is 5.67. The Morgan fingerprint density at radius 2 is 2.27 bits per heavy atom. The lowest BCUT2D eigenvalue weighted by Crippen LogP contribution is -2.11. The number of rotatable bonds is 4. The maximum absolute atomic E-state index is 11.0. The van der Waals surface area contributed by atoms with Crippen LogP contribution in [0.3, 0.4) is 0 Å². The number of amides is 1. The second-order valence-electron chi connectivity index (χ2n) is 3.64. The maximum Gasteiger partial charge on any atom is 0.248 e. The normalized spacial score (nSPS) is 14.7. The molecule has 4 nitrogen and oxygen atoms in total. The van der Waals surface area contributed by atoms with E-state index in [0.717, 1.165) is 24.3 Å². The average Bonchev–Trinajstić information content (AvgIpc) is 3.02. The fourth-order valence-electron chi connectivity index (χ4n) is 1.35. The fourth-order valence-corrected chi connectivity index (χ4v) is 1.35. The molecule has 4 heteroatoms. The van der Waals surface area contributed by atoms with Crippen molar-refractivity contribution in [3.8, 4) is 5.75 Å². The second-order valence-corrected chi connectivity index (χ2v) is 3.64. The van der Waals surface area contributed by atoms with Gasteiger partial charge in [-0.15, -0.1) is 0 Å². The summed E-state index contributed by atoms with van der Waals surface area (Å²) in [5.74, 6) is 0.356. The molecule has 15 heavy (non-hydrogen) atoms. The quantitative estimate of drug-likeness (QED) is 0.782. The standard InChI is InChI=1S/C11H14N2O2/c1-13-9-6-7(11(12)14)2-5-10(9)15-8-3-4-8/h2,5-6,8,13H,3-4H2,1H3,(H2,12,14). The zero-order chi connectivity index (χ0) is 10.8. The molecule has 80 valence electrons.